The average Bonchev–Trinajstić information content (AvgIpc) is 3.00. The Balaban J connectivity index is 1.77. The summed E-state index contributed by atoms with van der Waals surface area (Å²) in [5.41, 5.74) is 9.67. The van der Waals surface area contributed by atoms with E-state index < -0.39 is 15.9 Å². The van der Waals surface area contributed by atoms with E-state index in [2.05, 4.69) is 39.4 Å². The number of amides is 1. The number of carbonyl (C=O) groups excluding carboxylic acids is 1. The van der Waals surface area contributed by atoms with Crippen LogP contribution in [0.25, 0.3) is 5.69 Å². The molecular formula is C25H30N4O3S. The molecule has 0 aliphatic heterocycles. The first-order chi connectivity index (χ1) is 15.5. The van der Waals surface area contributed by atoms with Gasteiger partial charge < -0.3 is 4.57 Å². The molecule has 0 aliphatic rings. The molecule has 8 heteroatoms. The van der Waals surface area contributed by atoms with Crippen LogP contribution in [0.4, 0.5) is 5.69 Å². The third kappa shape index (κ3) is 5.51. The fraction of sp³-hybridized carbons (Fsp3) is 0.280. The fourth-order valence-electron chi connectivity index (χ4n) is 3.91. The van der Waals surface area contributed by atoms with E-state index in [4.69, 9.17) is 0 Å². The molecule has 0 saturated carbocycles. The van der Waals surface area contributed by atoms with Crippen molar-refractivity contribution in [3.8, 4) is 5.69 Å². The highest BCUT2D eigenvalue weighted by Gasteiger charge is 2.23. The Bertz CT molecular complexity index is 1290. The van der Waals surface area contributed by atoms with Gasteiger partial charge in [-0.05, 0) is 63.9 Å². The van der Waals surface area contributed by atoms with Gasteiger partial charge in [-0.25, -0.2) is 13.8 Å². The molecule has 1 aromatic heterocycles. The van der Waals surface area contributed by atoms with Gasteiger partial charge in [0.25, 0.3) is 5.91 Å². The SMILES string of the molecule is Cc1ccc(-n2c(C)cc(/C=N/NC(=O)CN(c3c(C)cccc3C)S(C)(=O)=O)c2C)cc1. The molecule has 0 aliphatic carbocycles. The van der Waals surface area contributed by atoms with Crippen LogP contribution in [0.1, 0.15) is 33.6 Å². The quantitative estimate of drug-likeness (QED) is 0.423. The van der Waals surface area contributed by atoms with E-state index in [0.717, 1.165) is 44.3 Å². The molecule has 33 heavy (non-hydrogen) atoms. The van der Waals surface area contributed by atoms with Gasteiger partial charge in [-0.2, -0.15) is 5.10 Å². The number of hydrogen-bond donors (Lipinski definition) is 1. The van der Waals surface area contributed by atoms with Gasteiger partial charge in [-0.1, -0.05) is 35.9 Å². The smallest absolute Gasteiger partial charge is 0.260 e. The van der Waals surface area contributed by atoms with E-state index >= 15 is 0 Å². The number of anilines is 1. The zero-order valence-corrected chi connectivity index (χ0v) is 20.7. The van der Waals surface area contributed by atoms with Crippen LogP contribution in [0.2, 0.25) is 0 Å². The summed E-state index contributed by atoms with van der Waals surface area (Å²) < 4.78 is 28.1. The second-order valence-corrected chi connectivity index (χ2v) is 10.2. The molecule has 7 nitrogen and oxygen atoms in total. The summed E-state index contributed by atoms with van der Waals surface area (Å²) in [7, 11) is -3.66. The number of benzene rings is 2. The maximum atomic E-state index is 12.6. The number of rotatable bonds is 7. The van der Waals surface area contributed by atoms with Crippen LogP contribution in [0.3, 0.4) is 0 Å². The summed E-state index contributed by atoms with van der Waals surface area (Å²) in [6, 6.07) is 15.7. The number of sulfonamides is 1. The maximum absolute atomic E-state index is 12.6. The van der Waals surface area contributed by atoms with Crippen LogP contribution < -0.4 is 9.73 Å². The molecule has 0 atom stereocenters. The van der Waals surface area contributed by atoms with Gasteiger partial charge in [0.15, 0.2) is 0 Å². The standard InChI is InChI=1S/C25H30N4O3S/c1-17-10-12-23(13-11-17)29-20(4)14-22(21(29)5)15-26-27-24(30)16-28(33(6,31)32)25-18(2)8-7-9-19(25)3/h7-15H,16H2,1-6H3,(H,27,30)/b26-15+. The molecule has 0 unspecified atom stereocenters. The Morgan fingerprint density at radius 3 is 2.21 bits per heavy atom. The van der Waals surface area contributed by atoms with Crippen molar-refractivity contribution in [1.82, 2.24) is 9.99 Å². The molecular weight excluding hydrogens is 436 g/mol. The summed E-state index contributed by atoms with van der Waals surface area (Å²) in [4.78, 5) is 12.6. The largest absolute Gasteiger partial charge is 0.318 e. The normalized spacial score (nSPS) is 11.7. The number of hydrazone groups is 1. The van der Waals surface area contributed by atoms with Crippen LogP contribution in [0.15, 0.2) is 53.6 Å². The summed E-state index contributed by atoms with van der Waals surface area (Å²) in [6.07, 6.45) is 2.67. The van der Waals surface area contributed by atoms with Crippen LogP contribution >= 0.6 is 0 Å². The van der Waals surface area contributed by atoms with E-state index in [0.29, 0.717) is 5.69 Å². The molecule has 0 bridgehead atoms. The Kier molecular flexibility index (Phi) is 7.07. The van der Waals surface area contributed by atoms with Gasteiger partial charge in [0.05, 0.1) is 18.2 Å². The first-order valence-electron chi connectivity index (χ1n) is 10.6. The summed E-state index contributed by atoms with van der Waals surface area (Å²) in [5, 5.41) is 4.08. The minimum atomic E-state index is -3.66. The van der Waals surface area contributed by atoms with Crippen LogP contribution in [0.5, 0.6) is 0 Å². The van der Waals surface area contributed by atoms with Crippen molar-refractivity contribution < 1.29 is 13.2 Å². The monoisotopic (exact) mass is 466 g/mol. The van der Waals surface area contributed by atoms with Gasteiger partial charge >= 0.3 is 0 Å². The number of aromatic nitrogens is 1. The summed E-state index contributed by atoms with van der Waals surface area (Å²) in [5.74, 6) is -0.522. The van der Waals surface area contributed by atoms with Crippen molar-refractivity contribution >= 4 is 27.8 Å². The zero-order chi connectivity index (χ0) is 24.3. The highest BCUT2D eigenvalue weighted by molar-refractivity contribution is 7.92. The third-order valence-corrected chi connectivity index (χ3v) is 6.64. The lowest BCUT2D eigenvalue weighted by atomic mass is 10.1. The van der Waals surface area contributed by atoms with Crippen molar-refractivity contribution in [3.05, 3.63) is 82.2 Å². The van der Waals surface area contributed by atoms with Gasteiger partial charge in [0.1, 0.15) is 6.54 Å². The predicted molar refractivity (Wildman–Crippen MR) is 134 cm³/mol. The van der Waals surface area contributed by atoms with E-state index in [-0.39, 0.29) is 6.54 Å². The number of aryl methyl sites for hydroxylation is 4. The molecule has 1 heterocycles. The maximum Gasteiger partial charge on any atom is 0.260 e. The minimum absolute atomic E-state index is 0.357. The van der Waals surface area contributed by atoms with Crippen LogP contribution in [-0.4, -0.2) is 37.9 Å². The van der Waals surface area contributed by atoms with E-state index in [1.165, 1.54) is 5.56 Å². The Morgan fingerprint density at radius 1 is 1.03 bits per heavy atom. The van der Waals surface area contributed by atoms with Gasteiger partial charge in [0.2, 0.25) is 10.0 Å². The molecule has 0 saturated heterocycles. The number of hydrogen-bond acceptors (Lipinski definition) is 4. The average molecular weight is 467 g/mol. The number of para-hydroxylation sites is 1. The fourth-order valence-corrected chi connectivity index (χ4v) is 4.88. The van der Waals surface area contributed by atoms with Crippen molar-refractivity contribution in [1.29, 1.82) is 0 Å². The summed E-state index contributed by atoms with van der Waals surface area (Å²) >= 11 is 0. The Hall–Kier alpha value is -3.39. The zero-order valence-electron chi connectivity index (χ0n) is 19.9. The van der Waals surface area contributed by atoms with Crippen molar-refractivity contribution in [2.75, 3.05) is 17.1 Å². The van der Waals surface area contributed by atoms with Crippen LogP contribution in [0, 0.1) is 34.6 Å². The van der Waals surface area contributed by atoms with E-state index in [1.807, 2.05) is 58.9 Å². The molecule has 174 valence electrons. The minimum Gasteiger partial charge on any atom is -0.318 e. The molecule has 2 aromatic carbocycles. The van der Waals surface area contributed by atoms with E-state index in [1.54, 1.807) is 6.21 Å². The lowest BCUT2D eigenvalue weighted by Crippen LogP contribution is -2.39. The molecule has 0 spiro atoms. The van der Waals surface area contributed by atoms with Crippen LogP contribution in [-0.2, 0) is 14.8 Å². The van der Waals surface area contributed by atoms with E-state index in [9.17, 15) is 13.2 Å². The lowest BCUT2D eigenvalue weighted by Gasteiger charge is -2.25. The van der Waals surface area contributed by atoms with Gasteiger partial charge in [0, 0.05) is 22.6 Å². The molecule has 0 fully saturated rings. The third-order valence-electron chi connectivity index (χ3n) is 5.53. The van der Waals surface area contributed by atoms with Gasteiger partial charge in [-0.3, -0.25) is 9.10 Å². The highest BCUT2D eigenvalue weighted by atomic mass is 32.2. The topological polar surface area (TPSA) is 83.8 Å². The Morgan fingerprint density at radius 2 is 1.64 bits per heavy atom. The molecule has 3 rings (SSSR count). The summed E-state index contributed by atoms with van der Waals surface area (Å²) in [6.45, 7) is 9.33. The van der Waals surface area contributed by atoms with Crippen molar-refractivity contribution in [3.63, 3.8) is 0 Å². The predicted octanol–water partition coefficient (Wildman–Crippen LogP) is 3.94. The molecule has 1 N–H and O–H groups in total. The number of nitrogens with one attached hydrogen (secondary N) is 1. The molecule has 0 radical (unpaired) electrons. The first kappa shape index (κ1) is 24.3. The number of carbonyl (C=O) groups is 1. The Labute approximate surface area is 195 Å². The highest BCUT2D eigenvalue weighted by Crippen LogP contribution is 2.26. The van der Waals surface area contributed by atoms with Crippen molar-refractivity contribution in [2.24, 2.45) is 5.10 Å². The lowest BCUT2D eigenvalue weighted by molar-refractivity contribution is -0.119. The second-order valence-electron chi connectivity index (χ2n) is 8.30. The van der Waals surface area contributed by atoms with Gasteiger partial charge in [-0.15, -0.1) is 0 Å². The first-order valence-corrected chi connectivity index (χ1v) is 12.5. The molecule has 1 amide bonds. The molecule has 3 aromatic rings. The number of nitrogens with zero attached hydrogens (tertiary/aromatic N) is 3. The second kappa shape index (κ2) is 9.62. The van der Waals surface area contributed by atoms with Crippen molar-refractivity contribution in [2.45, 2.75) is 34.6 Å².